The summed E-state index contributed by atoms with van der Waals surface area (Å²) >= 11 is 0. The average molecular weight is 354 g/mol. The normalized spacial score (nSPS) is 13.9. The lowest BCUT2D eigenvalue weighted by Gasteiger charge is -2.20. The van der Waals surface area contributed by atoms with Crippen LogP contribution in [-0.4, -0.2) is 16.0 Å². The van der Waals surface area contributed by atoms with Gasteiger partial charge in [0, 0.05) is 23.1 Å². The van der Waals surface area contributed by atoms with Crippen molar-refractivity contribution in [3.63, 3.8) is 0 Å². The Morgan fingerprint density at radius 1 is 0.630 bits per heavy atom. The number of aryl methyl sites for hydroxylation is 1. The lowest BCUT2D eigenvalue weighted by molar-refractivity contribution is 0.0974. The first kappa shape index (κ1) is 15.9. The number of rotatable bonds is 1. The Hall–Kier alpha value is -3.33. The van der Waals surface area contributed by atoms with Gasteiger partial charge in [0.1, 0.15) is 11.5 Å². The standard InChI is InChI=1S/C24H18O3/c25-19-7-3-5-15-8-10-18-17(22(15)19)11-13-21(27)24(18)23-16-6-2-1-4-14(16)9-12-20(23)26/h1-2,4,6,8-13,26-27H,3,5,7H2. The van der Waals surface area contributed by atoms with Crippen LogP contribution in [0.1, 0.15) is 28.8 Å². The van der Waals surface area contributed by atoms with Gasteiger partial charge in [-0.2, -0.15) is 0 Å². The summed E-state index contributed by atoms with van der Waals surface area (Å²) in [6.07, 6.45) is 2.33. The van der Waals surface area contributed by atoms with Crippen molar-refractivity contribution in [3.05, 3.63) is 71.8 Å². The molecule has 3 heteroatoms. The van der Waals surface area contributed by atoms with E-state index in [9.17, 15) is 15.0 Å². The van der Waals surface area contributed by atoms with Crippen molar-refractivity contribution in [3.8, 4) is 22.6 Å². The highest BCUT2D eigenvalue weighted by atomic mass is 16.3. The van der Waals surface area contributed by atoms with Crippen molar-refractivity contribution >= 4 is 27.3 Å². The Morgan fingerprint density at radius 3 is 2.15 bits per heavy atom. The molecule has 0 amide bonds. The number of Topliss-reactive ketones (excluding diaryl/α,β-unsaturated/α-hetero) is 1. The molecule has 0 saturated carbocycles. The van der Waals surface area contributed by atoms with E-state index >= 15 is 0 Å². The van der Waals surface area contributed by atoms with Crippen LogP contribution in [0, 0.1) is 0 Å². The van der Waals surface area contributed by atoms with Crippen molar-refractivity contribution in [2.75, 3.05) is 0 Å². The molecule has 5 rings (SSSR count). The maximum atomic E-state index is 12.6. The van der Waals surface area contributed by atoms with Gasteiger partial charge in [-0.1, -0.05) is 42.5 Å². The number of aromatic hydroxyl groups is 2. The van der Waals surface area contributed by atoms with Crippen LogP contribution in [0.4, 0.5) is 0 Å². The van der Waals surface area contributed by atoms with Gasteiger partial charge in [-0.3, -0.25) is 4.79 Å². The van der Waals surface area contributed by atoms with Crippen LogP contribution in [0.5, 0.6) is 11.5 Å². The summed E-state index contributed by atoms with van der Waals surface area (Å²) in [6.45, 7) is 0. The van der Waals surface area contributed by atoms with Crippen LogP contribution in [0.3, 0.4) is 0 Å². The van der Waals surface area contributed by atoms with Crippen molar-refractivity contribution < 1.29 is 15.0 Å². The van der Waals surface area contributed by atoms with Gasteiger partial charge in [0.25, 0.3) is 0 Å². The molecule has 0 bridgehead atoms. The van der Waals surface area contributed by atoms with E-state index in [1.54, 1.807) is 12.1 Å². The van der Waals surface area contributed by atoms with Gasteiger partial charge in [0.2, 0.25) is 0 Å². The largest absolute Gasteiger partial charge is 0.507 e. The minimum Gasteiger partial charge on any atom is -0.507 e. The molecule has 0 saturated heterocycles. The highest BCUT2D eigenvalue weighted by Gasteiger charge is 2.23. The fourth-order valence-electron chi connectivity index (χ4n) is 4.33. The maximum Gasteiger partial charge on any atom is 0.163 e. The molecule has 27 heavy (non-hydrogen) atoms. The smallest absolute Gasteiger partial charge is 0.163 e. The molecular formula is C24H18O3. The van der Waals surface area contributed by atoms with Crippen LogP contribution in [0.25, 0.3) is 32.7 Å². The molecule has 132 valence electrons. The Labute approximate surface area is 156 Å². The van der Waals surface area contributed by atoms with Gasteiger partial charge in [0.15, 0.2) is 5.78 Å². The third-order valence-electron chi connectivity index (χ3n) is 5.55. The first-order valence-corrected chi connectivity index (χ1v) is 9.17. The Morgan fingerprint density at radius 2 is 1.30 bits per heavy atom. The number of hydrogen-bond acceptors (Lipinski definition) is 3. The summed E-state index contributed by atoms with van der Waals surface area (Å²) in [4.78, 5) is 12.6. The molecule has 0 unspecified atom stereocenters. The molecule has 2 N–H and O–H groups in total. The minimum absolute atomic E-state index is 0.0948. The van der Waals surface area contributed by atoms with E-state index in [4.69, 9.17) is 0 Å². The van der Waals surface area contributed by atoms with Crippen LogP contribution < -0.4 is 0 Å². The van der Waals surface area contributed by atoms with E-state index < -0.39 is 0 Å². The Bertz CT molecular complexity index is 1240. The molecule has 1 aliphatic carbocycles. The van der Waals surface area contributed by atoms with E-state index in [1.807, 2.05) is 48.5 Å². The second-order valence-corrected chi connectivity index (χ2v) is 7.11. The van der Waals surface area contributed by atoms with Gasteiger partial charge in [-0.05, 0) is 58.1 Å². The molecule has 0 radical (unpaired) electrons. The molecule has 3 nitrogen and oxygen atoms in total. The van der Waals surface area contributed by atoms with Gasteiger partial charge < -0.3 is 10.2 Å². The summed E-state index contributed by atoms with van der Waals surface area (Å²) in [5.41, 5.74) is 3.00. The highest BCUT2D eigenvalue weighted by molar-refractivity contribution is 6.16. The topological polar surface area (TPSA) is 57.5 Å². The SMILES string of the molecule is O=C1CCCc2ccc3c(-c4c(O)ccc5ccccc45)c(O)ccc3c21. The van der Waals surface area contributed by atoms with Crippen LogP contribution in [0.2, 0.25) is 0 Å². The maximum absolute atomic E-state index is 12.6. The lowest BCUT2D eigenvalue weighted by Crippen LogP contribution is -2.11. The van der Waals surface area contributed by atoms with E-state index in [2.05, 4.69) is 0 Å². The summed E-state index contributed by atoms with van der Waals surface area (Å²) in [6, 6.07) is 18.7. The van der Waals surface area contributed by atoms with Crippen molar-refractivity contribution in [2.45, 2.75) is 19.3 Å². The second kappa shape index (κ2) is 5.85. The van der Waals surface area contributed by atoms with Crippen molar-refractivity contribution in [1.29, 1.82) is 0 Å². The van der Waals surface area contributed by atoms with E-state index in [0.717, 1.165) is 45.5 Å². The van der Waals surface area contributed by atoms with Gasteiger partial charge in [-0.15, -0.1) is 0 Å². The molecule has 4 aromatic carbocycles. The van der Waals surface area contributed by atoms with Crippen LogP contribution in [-0.2, 0) is 6.42 Å². The number of benzene rings is 4. The molecule has 4 aromatic rings. The highest BCUT2D eigenvalue weighted by Crippen LogP contribution is 2.45. The predicted molar refractivity (Wildman–Crippen MR) is 107 cm³/mol. The zero-order chi connectivity index (χ0) is 18.5. The third kappa shape index (κ3) is 2.32. The minimum atomic E-state index is 0.0948. The fourth-order valence-corrected chi connectivity index (χ4v) is 4.33. The first-order chi connectivity index (χ1) is 13.1. The van der Waals surface area contributed by atoms with Gasteiger partial charge in [0.05, 0.1) is 0 Å². The molecule has 0 spiro atoms. The van der Waals surface area contributed by atoms with Crippen molar-refractivity contribution in [1.82, 2.24) is 0 Å². The van der Waals surface area contributed by atoms with Crippen molar-refractivity contribution in [2.24, 2.45) is 0 Å². The van der Waals surface area contributed by atoms with E-state index in [1.165, 1.54) is 0 Å². The Kier molecular flexibility index (Phi) is 3.44. The zero-order valence-corrected chi connectivity index (χ0v) is 14.7. The fraction of sp³-hybridized carbons (Fsp3) is 0.125. The van der Waals surface area contributed by atoms with E-state index in [-0.39, 0.29) is 17.3 Å². The second-order valence-electron chi connectivity index (χ2n) is 7.11. The lowest BCUT2D eigenvalue weighted by atomic mass is 9.84. The quantitative estimate of drug-likeness (QED) is 0.468. The number of phenols is 2. The number of carbonyl (C=O) groups excluding carboxylic acids is 1. The average Bonchev–Trinajstić information content (AvgIpc) is 2.68. The number of fused-ring (bicyclic) bond motifs is 4. The first-order valence-electron chi connectivity index (χ1n) is 9.17. The molecule has 0 fully saturated rings. The molecular weight excluding hydrogens is 336 g/mol. The van der Waals surface area contributed by atoms with Crippen LogP contribution in [0.15, 0.2) is 60.7 Å². The number of hydrogen-bond donors (Lipinski definition) is 2. The third-order valence-corrected chi connectivity index (χ3v) is 5.55. The van der Waals surface area contributed by atoms with Gasteiger partial charge >= 0.3 is 0 Å². The number of phenolic OH excluding ortho intramolecular Hbond substituents is 2. The zero-order valence-electron chi connectivity index (χ0n) is 14.7. The summed E-state index contributed by atoms with van der Waals surface area (Å²) in [5, 5.41) is 24.9. The van der Waals surface area contributed by atoms with Crippen LogP contribution >= 0.6 is 0 Å². The molecule has 1 aliphatic rings. The number of ketones is 1. The molecule has 0 aliphatic heterocycles. The molecule has 0 heterocycles. The van der Waals surface area contributed by atoms with Gasteiger partial charge in [-0.25, -0.2) is 0 Å². The summed E-state index contributed by atoms with van der Waals surface area (Å²) in [7, 11) is 0. The monoisotopic (exact) mass is 354 g/mol. The Balaban J connectivity index is 1.93. The predicted octanol–water partition coefficient (Wildman–Crippen LogP) is 5.59. The summed E-state index contributed by atoms with van der Waals surface area (Å²) in [5.74, 6) is 0.360. The summed E-state index contributed by atoms with van der Waals surface area (Å²) < 4.78 is 0. The number of carbonyl (C=O) groups is 1. The molecule has 0 atom stereocenters. The molecule has 0 aromatic heterocycles. The van der Waals surface area contributed by atoms with E-state index in [0.29, 0.717) is 17.5 Å².